The largest absolute Gasteiger partial charge is 0.454 e. The van der Waals surface area contributed by atoms with Crippen molar-refractivity contribution in [1.29, 1.82) is 0 Å². The van der Waals surface area contributed by atoms with Gasteiger partial charge in [0.25, 0.3) is 0 Å². The van der Waals surface area contributed by atoms with Crippen molar-refractivity contribution in [3.05, 3.63) is 76.3 Å². The maximum Gasteiger partial charge on any atom is 0.417 e. The topological polar surface area (TPSA) is 47.6 Å². The average Bonchev–Trinajstić information content (AvgIpc) is 3.45. The number of hydrogen-bond donors (Lipinski definition) is 1. The molecule has 2 aliphatic rings. The first-order valence-corrected chi connectivity index (χ1v) is 10.7. The lowest BCUT2D eigenvalue weighted by Gasteiger charge is -2.18. The van der Waals surface area contributed by atoms with Gasteiger partial charge in [-0.25, -0.2) is 0 Å². The zero-order chi connectivity index (χ0) is 23.4. The van der Waals surface area contributed by atoms with Gasteiger partial charge in [0.05, 0.1) is 16.0 Å². The highest BCUT2D eigenvalue weighted by molar-refractivity contribution is 6.31. The number of nitrogens with one attached hydrogen (secondary N) is 1. The molecule has 1 saturated carbocycles. The minimum absolute atomic E-state index is 0.158. The van der Waals surface area contributed by atoms with Crippen molar-refractivity contribution in [3.8, 4) is 22.6 Å². The molecule has 3 aromatic carbocycles. The van der Waals surface area contributed by atoms with Crippen molar-refractivity contribution in [2.45, 2.75) is 31.4 Å². The third-order valence-electron chi connectivity index (χ3n) is 6.19. The van der Waals surface area contributed by atoms with E-state index in [1.54, 1.807) is 37.3 Å². The van der Waals surface area contributed by atoms with Crippen LogP contribution in [0, 0.1) is 6.92 Å². The number of ether oxygens (including phenoxy) is 2. The van der Waals surface area contributed by atoms with Crippen LogP contribution < -0.4 is 14.8 Å². The Morgan fingerprint density at radius 3 is 2.48 bits per heavy atom. The quantitative estimate of drug-likeness (QED) is 0.457. The molecule has 33 heavy (non-hydrogen) atoms. The van der Waals surface area contributed by atoms with E-state index in [1.807, 2.05) is 12.1 Å². The lowest BCUT2D eigenvalue weighted by atomic mass is 9.94. The molecule has 0 radical (unpaired) electrons. The molecule has 0 aromatic heterocycles. The molecule has 3 aromatic rings. The molecule has 0 bridgehead atoms. The van der Waals surface area contributed by atoms with Crippen LogP contribution in [-0.2, 0) is 16.4 Å². The van der Waals surface area contributed by atoms with Gasteiger partial charge in [0.2, 0.25) is 12.7 Å². The predicted octanol–water partition coefficient (Wildman–Crippen LogP) is 6.73. The van der Waals surface area contributed by atoms with E-state index in [1.165, 1.54) is 6.07 Å². The van der Waals surface area contributed by atoms with Gasteiger partial charge in [-0.05, 0) is 78.4 Å². The van der Waals surface area contributed by atoms with Crippen LogP contribution in [0.2, 0.25) is 5.02 Å². The SMILES string of the molecule is Cc1ccc(NC(=O)C2(c3ccc4c(c3)OCO4)CC2)cc1-c1ccc(Cl)c(C(F)(F)F)c1. The normalized spacial score (nSPS) is 15.9. The number of hydrogen-bond acceptors (Lipinski definition) is 3. The first-order valence-electron chi connectivity index (χ1n) is 10.4. The van der Waals surface area contributed by atoms with Crippen LogP contribution >= 0.6 is 11.6 Å². The fraction of sp³-hybridized carbons (Fsp3) is 0.240. The Hall–Kier alpha value is -3.19. The Kier molecular flexibility index (Phi) is 5.05. The van der Waals surface area contributed by atoms with E-state index in [0.717, 1.165) is 17.2 Å². The first kappa shape index (κ1) is 21.6. The third-order valence-corrected chi connectivity index (χ3v) is 6.52. The van der Waals surface area contributed by atoms with Gasteiger partial charge in [-0.15, -0.1) is 0 Å². The van der Waals surface area contributed by atoms with Crippen molar-refractivity contribution in [3.63, 3.8) is 0 Å². The Morgan fingerprint density at radius 1 is 1.00 bits per heavy atom. The van der Waals surface area contributed by atoms with Crippen LogP contribution in [0.25, 0.3) is 11.1 Å². The number of alkyl halides is 3. The Labute approximate surface area is 193 Å². The molecular formula is C25H19ClF3NO3. The number of anilines is 1. The van der Waals surface area contributed by atoms with E-state index in [-0.39, 0.29) is 17.7 Å². The number of fused-ring (bicyclic) bond motifs is 1. The molecule has 1 amide bonds. The van der Waals surface area contributed by atoms with Crippen molar-refractivity contribution >= 4 is 23.2 Å². The maximum absolute atomic E-state index is 13.3. The maximum atomic E-state index is 13.3. The van der Waals surface area contributed by atoms with Gasteiger partial charge in [-0.1, -0.05) is 29.8 Å². The summed E-state index contributed by atoms with van der Waals surface area (Å²) in [4.78, 5) is 13.2. The Bertz CT molecular complexity index is 1270. The molecule has 4 nitrogen and oxygen atoms in total. The standard InChI is InChI=1S/C25H19ClF3NO3/c1-14-2-5-17(12-18(14)15-3-6-20(26)19(10-15)25(27,28)29)30-23(31)24(8-9-24)16-4-7-21-22(11-16)33-13-32-21/h2-7,10-12H,8-9,13H2,1H3,(H,30,31). The Morgan fingerprint density at radius 2 is 1.76 bits per heavy atom. The summed E-state index contributed by atoms with van der Waals surface area (Å²) in [6.07, 6.45) is -3.16. The molecule has 0 saturated heterocycles. The predicted molar refractivity (Wildman–Crippen MR) is 119 cm³/mol. The van der Waals surface area contributed by atoms with Gasteiger partial charge in [0.1, 0.15) is 0 Å². The highest BCUT2D eigenvalue weighted by Gasteiger charge is 2.51. The molecule has 8 heteroatoms. The number of rotatable bonds is 4. The summed E-state index contributed by atoms with van der Waals surface area (Å²) in [5.41, 5.74) is 1.55. The molecule has 1 aliphatic carbocycles. The Balaban J connectivity index is 1.43. The molecule has 5 rings (SSSR count). The summed E-state index contributed by atoms with van der Waals surface area (Å²) in [6, 6.07) is 14.5. The van der Waals surface area contributed by atoms with Crippen LogP contribution in [0.15, 0.2) is 54.6 Å². The van der Waals surface area contributed by atoms with E-state index in [0.29, 0.717) is 41.2 Å². The summed E-state index contributed by atoms with van der Waals surface area (Å²) < 4.78 is 50.7. The second-order valence-electron chi connectivity index (χ2n) is 8.33. The summed E-state index contributed by atoms with van der Waals surface area (Å²) in [5.74, 6) is 1.11. The van der Waals surface area contributed by atoms with Crippen molar-refractivity contribution in [2.75, 3.05) is 12.1 Å². The van der Waals surface area contributed by atoms with E-state index >= 15 is 0 Å². The molecule has 170 valence electrons. The van der Waals surface area contributed by atoms with Gasteiger partial charge in [-0.3, -0.25) is 4.79 Å². The average molecular weight is 474 g/mol. The van der Waals surface area contributed by atoms with Crippen LogP contribution in [0.4, 0.5) is 18.9 Å². The molecule has 0 spiro atoms. The smallest absolute Gasteiger partial charge is 0.417 e. The highest BCUT2D eigenvalue weighted by atomic mass is 35.5. The summed E-state index contributed by atoms with van der Waals surface area (Å²) >= 11 is 5.77. The van der Waals surface area contributed by atoms with Crippen LogP contribution in [-0.4, -0.2) is 12.7 Å². The van der Waals surface area contributed by atoms with Gasteiger partial charge >= 0.3 is 6.18 Å². The first-order chi connectivity index (χ1) is 15.7. The van der Waals surface area contributed by atoms with Crippen molar-refractivity contribution in [2.24, 2.45) is 0 Å². The van der Waals surface area contributed by atoms with E-state index in [2.05, 4.69) is 5.32 Å². The van der Waals surface area contributed by atoms with Gasteiger partial charge in [-0.2, -0.15) is 13.2 Å². The van der Waals surface area contributed by atoms with Crippen LogP contribution in [0.1, 0.15) is 29.5 Å². The second kappa shape index (κ2) is 7.70. The van der Waals surface area contributed by atoms with Crippen molar-refractivity contribution in [1.82, 2.24) is 0 Å². The van der Waals surface area contributed by atoms with Crippen LogP contribution in [0.5, 0.6) is 11.5 Å². The minimum Gasteiger partial charge on any atom is -0.454 e. The fourth-order valence-corrected chi connectivity index (χ4v) is 4.36. The number of halogens is 4. The number of carbonyl (C=O) groups excluding carboxylic acids is 1. The molecule has 0 atom stereocenters. The molecular weight excluding hydrogens is 455 g/mol. The summed E-state index contributed by atoms with van der Waals surface area (Å²) in [6.45, 7) is 1.96. The highest BCUT2D eigenvalue weighted by Crippen LogP contribution is 2.51. The summed E-state index contributed by atoms with van der Waals surface area (Å²) in [7, 11) is 0. The molecule has 1 fully saturated rings. The number of benzene rings is 3. The van der Waals surface area contributed by atoms with Gasteiger partial charge in [0.15, 0.2) is 11.5 Å². The van der Waals surface area contributed by atoms with E-state index in [4.69, 9.17) is 21.1 Å². The van der Waals surface area contributed by atoms with E-state index in [9.17, 15) is 18.0 Å². The molecule has 1 aliphatic heterocycles. The lowest BCUT2D eigenvalue weighted by Crippen LogP contribution is -2.27. The zero-order valence-electron chi connectivity index (χ0n) is 17.6. The molecule has 1 heterocycles. The zero-order valence-corrected chi connectivity index (χ0v) is 18.3. The van der Waals surface area contributed by atoms with Crippen molar-refractivity contribution < 1.29 is 27.4 Å². The lowest BCUT2D eigenvalue weighted by molar-refractivity contribution is -0.137. The fourth-order valence-electron chi connectivity index (χ4n) is 4.14. The molecule has 0 unspecified atom stereocenters. The summed E-state index contributed by atoms with van der Waals surface area (Å²) in [5, 5.41) is 2.59. The number of aryl methyl sites for hydroxylation is 1. The number of carbonyl (C=O) groups is 1. The van der Waals surface area contributed by atoms with Gasteiger partial charge < -0.3 is 14.8 Å². The third kappa shape index (κ3) is 3.91. The van der Waals surface area contributed by atoms with Crippen LogP contribution in [0.3, 0.4) is 0 Å². The van der Waals surface area contributed by atoms with Gasteiger partial charge in [0, 0.05) is 5.69 Å². The monoisotopic (exact) mass is 473 g/mol. The minimum atomic E-state index is -4.56. The number of amides is 1. The molecule has 1 N–H and O–H groups in total. The second-order valence-corrected chi connectivity index (χ2v) is 8.73. The van der Waals surface area contributed by atoms with E-state index < -0.39 is 17.2 Å².